The highest BCUT2D eigenvalue weighted by Crippen LogP contribution is 2.40. The quantitative estimate of drug-likeness (QED) is 0.801. The van der Waals surface area contributed by atoms with E-state index in [0.29, 0.717) is 6.04 Å². The van der Waals surface area contributed by atoms with Gasteiger partial charge in [-0.15, -0.1) is 11.6 Å². The van der Waals surface area contributed by atoms with Crippen molar-refractivity contribution < 1.29 is 0 Å². The zero-order chi connectivity index (χ0) is 14.7. The smallest absolute Gasteiger partial charge is 0.159 e. The summed E-state index contributed by atoms with van der Waals surface area (Å²) in [5.41, 5.74) is 3.14. The van der Waals surface area contributed by atoms with Gasteiger partial charge in [0.2, 0.25) is 0 Å². The fourth-order valence-corrected chi connectivity index (χ4v) is 4.30. The van der Waals surface area contributed by atoms with Crippen molar-refractivity contribution in [3.05, 3.63) is 11.5 Å². The van der Waals surface area contributed by atoms with Crippen LogP contribution in [0.3, 0.4) is 0 Å². The molecule has 3 fully saturated rings. The summed E-state index contributed by atoms with van der Waals surface area (Å²) in [6.45, 7) is 7.66. The van der Waals surface area contributed by atoms with E-state index in [9.17, 15) is 0 Å². The molecule has 2 bridgehead atoms. The SMILES string of the molecule is Cc1nn(C)c2c1nc(C(C)Cl)n2C1CN2CCC1CC2. The predicted octanol–water partition coefficient (Wildman–Crippen LogP) is 2.64. The number of aromatic nitrogens is 4. The Kier molecular flexibility index (Phi) is 3.05. The largest absolute Gasteiger partial charge is 0.307 e. The highest BCUT2D eigenvalue weighted by atomic mass is 35.5. The second-order valence-corrected chi connectivity index (χ2v) is 7.20. The van der Waals surface area contributed by atoms with Gasteiger partial charge in [-0.05, 0) is 45.7 Å². The second-order valence-electron chi connectivity index (χ2n) is 6.54. The van der Waals surface area contributed by atoms with Crippen LogP contribution >= 0.6 is 11.6 Å². The molecule has 0 aromatic carbocycles. The van der Waals surface area contributed by atoms with E-state index in [4.69, 9.17) is 16.6 Å². The summed E-state index contributed by atoms with van der Waals surface area (Å²) in [6.07, 6.45) is 2.58. The lowest BCUT2D eigenvalue weighted by molar-refractivity contribution is 0.0570. The number of imidazole rings is 1. The van der Waals surface area contributed by atoms with Gasteiger partial charge in [0.25, 0.3) is 0 Å². The molecule has 21 heavy (non-hydrogen) atoms. The van der Waals surface area contributed by atoms with Crippen LogP contribution in [0.1, 0.15) is 42.7 Å². The zero-order valence-corrected chi connectivity index (χ0v) is 13.6. The van der Waals surface area contributed by atoms with Gasteiger partial charge in [-0.1, -0.05) is 0 Å². The molecule has 2 atom stereocenters. The maximum atomic E-state index is 6.44. The maximum Gasteiger partial charge on any atom is 0.159 e. The van der Waals surface area contributed by atoms with E-state index >= 15 is 0 Å². The summed E-state index contributed by atoms with van der Waals surface area (Å²) in [7, 11) is 2.01. The van der Waals surface area contributed by atoms with Gasteiger partial charge in [-0.3, -0.25) is 4.68 Å². The molecule has 5 rings (SSSR count). The Bertz CT molecular complexity index is 678. The van der Waals surface area contributed by atoms with Crippen molar-refractivity contribution in [3.63, 3.8) is 0 Å². The van der Waals surface area contributed by atoms with Crippen LogP contribution in [-0.2, 0) is 7.05 Å². The molecule has 3 aliphatic heterocycles. The van der Waals surface area contributed by atoms with E-state index in [-0.39, 0.29) is 5.38 Å². The van der Waals surface area contributed by atoms with Crippen LogP contribution < -0.4 is 0 Å². The maximum absolute atomic E-state index is 6.44. The molecule has 0 N–H and O–H groups in total. The first-order chi connectivity index (χ1) is 10.1. The topological polar surface area (TPSA) is 38.9 Å². The molecule has 2 aromatic rings. The second kappa shape index (κ2) is 4.71. The van der Waals surface area contributed by atoms with Crippen LogP contribution in [0.15, 0.2) is 0 Å². The van der Waals surface area contributed by atoms with Crippen LogP contribution in [0.5, 0.6) is 0 Å². The van der Waals surface area contributed by atoms with E-state index in [1.165, 1.54) is 25.9 Å². The molecule has 114 valence electrons. The van der Waals surface area contributed by atoms with Gasteiger partial charge in [-0.25, -0.2) is 4.98 Å². The fourth-order valence-electron chi connectivity index (χ4n) is 4.15. The number of hydrogen-bond donors (Lipinski definition) is 0. The third-order valence-electron chi connectivity index (χ3n) is 5.17. The normalized spacial score (nSPS) is 30.2. The van der Waals surface area contributed by atoms with Crippen molar-refractivity contribution in [2.45, 2.75) is 38.1 Å². The van der Waals surface area contributed by atoms with Crippen LogP contribution in [0.25, 0.3) is 11.2 Å². The van der Waals surface area contributed by atoms with E-state index in [1.54, 1.807) is 0 Å². The minimum Gasteiger partial charge on any atom is -0.307 e. The molecule has 5 heterocycles. The standard InChI is InChI=1S/C15H22ClN5/c1-9(16)14-17-13-10(2)18-19(3)15(13)21(14)12-8-20-6-4-11(12)5-7-20/h9,11-12H,4-8H2,1-3H3. The van der Waals surface area contributed by atoms with Crippen LogP contribution in [-0.4, -0.2) is 43.9 Å². The molecular weight excluding hydrogens is 286 g/mol. The lowest BCUT2D eigenvalue weighted by Gasteiger charge is -2.45. The lowest BCUT2D eigenvalue weighted by atomic mass is 9.84. The first-order valence-corrected chi connectivity index (χ1v) is 8.27. The predicted molar refractivity (Wildman–Crippen MR) is 83.7 cm³/mol. The highest BCUT2D eigenvalue weighted by molar-refractivity contribution is 6.20. The van der Waals surface area contributed by atoms with Crippen LogP contribution in [0.2, 0.25) is 0 Å². The summed E-state index contributed by atoms with van der Waals surface area (Å²) in [5, 5.41) is 4.47. The third-order valence-corrected chi connectivity index (χ3v) is 5.37. The van der Waals surface area contributed by atoms with Crippen LogP contribution in [0.4, 0.5) is 0 Å². The molecule has 3 saturated heterocycles. The summed E-state index contributed by atoms with van der Waals surface area (Å²) in [6, 6.07) is 0.489. The Morgan fingerprint density at radius 2 is 2.00 bits per heavy atom. The minimum absolute atomic E-state index is 0.0766. The molecule has 2 unspecified atom stereocenters. The van der Waals surface area contributed by atoms with Gasteiger partial charge in [0.15, 0.2) is 5.65 Å². The molecule has 3 aliphatic rings. The molecule has 6 heteroatoms. The Labute approximate surface area is 129 Å². The first-order valence-electron chi connectivity index (χ1n) is 7.84. The number of hydrogen-bond acceptors (Lipinski definition) is 3. The van der Waals surface area contributed by atoms with Gasteiger partial charge < -0.3 is 9.47 Å². The fraction of sp³-hybridized carbons (Fsp3) is 0.733. The van der Waals surface area contributed by atoms with Crippen molar-refractivity contribution >= 4 is 22.8 Å². The third kappa shape index (κ3) is 1.94. The molecule has 2 aromatic heterocycles. The van der Waals surface area contributed by atoms with Gasteiger partial charge >= 0.3 is 0 Å². The average molecular weight is 308 g/mol. The Morgan fingerprint density at radius 1 is 1.29 bits per heavy atom. The van der Waals surface area contributed by atoms with Gasteiger partial charge in [-0.2, -0.15) is 5.10 Å². The Morgan fingerprint density at radius 3 is 2.57 bits per heavy atom. The summed E-state index contributed by atoms with van der Waals surface area (Å²) in [5.74, 6) is 1.75. The molecular formula is C15H22ClN5. The van der Waals surface area contributed by atoms with Gasteiger partial charge in [0.1, 0.15) is 11.3 Å². The van der Waals surface area contributed by atoms with Gasteiger partial charge in [0.05, 0.1) is 17.1 Å². The number of alkyl halides is 1. The number of fused-ring (bicyclic) bond motifs is 4. The number of aryl methyl sites for hydroxylation is 2. The zero-order valence-electron chi connectivity index (χ0n) is 12.9. The van der Waals surface area contributed by atoms with E-state index in [1.807, 2.05) is 25.6 Å². The number of rotatable bonds is 2. The van der Waals surface area contributed by atoms with E-state index < -0.39 is 0 Å². The molecule has 0 aliphatic carbocycles. The van der Waals surface area contributed by atoms with Crippen molar-refractivity contribution in [2.75, 3.05) is 19.6 Å². The van der Waals surface area contributed by atoms with Crippen LogP contribution in [0, 0.1) is 12.8 Å². The number of piperidine rings is 3. The van der Waals surface area contributed by atoms with Crippen molar-refractivity contribution in [3.8, 4) is 0 Å². The van der Waals surface area contributed by atoms with E-state index in [2.05, 4.69) is 14.6 Å². The molecule has 0 radical (unpaired) electrons. The molecule has 0 saturated carbocycles. The average Bonchev–Trinajstić information content (AvgIpc) is 2.99. The molecule has 0 amide bonds. The Hall–Kier alpha value is -1.07. The minimum atomic E-state index is -0.0766. The summed E-state index contributed by atoms with van der Waals surface area (Å²) in [4.78, 5) is 7.39. The van der Waals surface area contributed by atoms with E-state index in [0.717, 1.165) is 35.1 Å². The number of halogens is 1. The first kappa shape index (κ1) is 13.6. The lowest BCUT2D eigenvalue weighted by Crippen LogP contribution is -2.48. The van der Waals surface area contributed by atoms with Crippen molar-refractivity contribution in [2.24, 2.45) is 13.0 Å². The summed E-state index contributed by atoms with van der Waals surface area (Å²) >= 11 is 6.44. The molecule has 0 spiro atoms. The number of nitrogens with zero attached hydrogens (tertiary/aromatic N) is 5. The van der Waals surface area contributed by atoms with Gasteiger partial charge in [0, 0.05) is 13.6 Å². The Balaban J connectivity index is 1.91. The monoisotopic (exact) mass is 307 g/mol. The van der Waals surface area contributed by atoms with Crippen molar-refractivity contribution in [1.82, 2.24) is 24.2 Å². The van der Waals surface area contributed by atoms with Crippen molar-refractivity contribution in [1.29, 1.82) is 0 Å². The highest BCUT2D eigenvalue weighted by Gasteiger charge is 2.38. The summed E-state index contributed by atoms with van der Waals surface area (Å²) < 4.78 is 4.36. The molecule has 5 nitrogen and oxygen atoms in total.